The summed E-state index contributed by atoms with van der Waals surface area (Å²) in [5.74, 6) is -0.148. The zero-order valence-corrected chi connectivity index (χ0v) is 12.7. The number of aliphatic hydroxyl groups is 1. The summed E-state index contributed by atoms with van der Waals surface area (Å²) in [6, 6.07) is 9.17. The van der Waals surface area contributed by atoms with Crippen LogP contribution in [-0.4, -0.2) is 15.6 Å². The number of amides is 1. The van der Waals surface area contributed by atoms with E-state index in [1.54, 1.807) is 12.3 Å². The maximum Gasteiger partial charge on any atom is 0.268 e. The van der Waals surface area contributed by atoms with Crippen molar-refractivity contribution in [2.24, 2.45) is 0 Å². The van der Waals surface area contributed by atoms with Gasteiger partial charge in [0, 0.05) is 19.3 Å². The average Bonchev–Trinajstić information content (AvgIpc) is 2.86. The van der Waals surface area contributed by atoms with Crippen LogP contribution in [0.3, 0.4) is 0 Å². The zero-order valence-electron chi connectivity index (χ0n) is 12.0. The minimum absolute atomic E-state index is 0.00323. The molecule has 2 N–H and O–H groups in total. The van der Waals surface area contributed by atoms with E-state index in [9.17, 15) is 4.79 Å². The summed E-state index contributed by atoms with van der Waals surface area (Å²) in [5.41, 5.74) is 2.36. The van der Waals surface area contributed by atoms with Gasteiger partial charge in [-0.2, -0.15) is 0 Å². The minimum atomic E-state index is -0.148. The molecule has 0 fully saturated rings. The van der Waals surface area contributed by atoms with Crippen molar-refractivity contribution < 1.29 is 9.90 Å². The van der Waals surface area contributed by atoms with Gasteiger partial charge in [0.05, 0.1) is 11.6 Å². The van der Waals surface area contributed by atoms with E-state index >= 15 is 0 Å². The van der Waals surface area contributed by atoms with Crippen molar-refractivity contribution in [3.63, 3.8) is 0 Å². The number of hydrogen-bond acceptors (Lipinski definition) is 2. The number of carbonyl (C=O) groups is 1. The summed E-state index contributed by atoms with van der Waals surface area (Å²) in [7, 11) is 0. The van der Waals surface area contributed by atoms with Crippen molar-refractivity contribution in [2.45, 2.75) is 33.0 Å². The van der Waals surface area contributed by atoms with Gasteiger partial charge in [-0.3, -0.25) is 4.79 Å². The summed E-state index contributed by atoms with van der Waals surface area (Å²) < 4.78 is 1.86. The molecule has 0 saturated heterocycles. The first-order valence-corrected chi connectivity index (χ1v) is 7.34. The Morgan fingerprint density at radius 3 is 2.81 bits per heavy atom. The Morgan fingerprint density at radius 2 is 2.10 bits per heavy atom. The highest BCUT2D eigenvalue weighted by molar-refractivity contribution is 6.31. The lowest BCUT2D eigenvalue weighted by atomic mass is 10.1. The fourth-order valence-electron chi connectivity index (χ4n) is 2.20. The normalized spacial score (nSPS) is 10.6. The molecule has 0 saturated carbocycles. The lowest BCUT2D eigenvalue weighted by Crippen LogP contribution is -2.25. The molecule has 5 heteroatoms. The third-order valence-corrected chi connectivity index (χ3v) is 3.39. The Labute approximate surface area is 129 Å². The first kappa shape index (κ1) is 15.6. The number of hydrogen-bond donors (Lipinski definition) is 2. The summed E-state index contributed by atoms with van der Waals surface area (Å²) in [6.07, 6.45) is 2.70. The minimum Gasteiger partial charge on any atom is -0.392 e. The predicted octanol–water partition coefficient (Wildman–Crippen LogP) is 2.97. The second-order valence-electron chi connectivity index (χ2n) is 4.90. The molecule has 2 aromatic rings. The molecule has 1 aromatic carbocycles. The summed E-state index contributed by atoms with van der Waals surface area (Å²) in [5, 5.41) is 12.6. The Balaban J connectivity index is 2.04. The molecule has 0 bridgehead atoms. The highest BCUT2D eigenvalue weighted by atomic mass is 35.5. The van der Waals surface area contributed by atoms with Crippen LogP contribution in [-0.2, 0) is 19.7 Å². The van der Waals surface area contributed by atoms with Gasteiger partial charge in [0.25, 0.3) is 5.91 Å². The van der Waals surface area contributed by atoms with Crippen LogP contribution in [0.2, 0.25) is 5.02 Å². The Hall–Kier alpha value is -1.78. The van der Waals surface area contributed by atoms with Crippen molar-refractivity contribution in [1.82, 2.24) is 9.88 Å². The largest absolute Gasteiger partial charge is 0.392 e. The number of benzene rings is 1. The molecule has 0 aliphatic heterocycles. The van der Waals surface area contributed by atoms with E-state index < -0.39 is 0 Å². The standard InChI is InChI=1S/C16H19ClN2O2/c1-2-6-19-10-14(17)8-15(19)16(21)18-9-12-4-3-5-13(7-12)11-20/h3-5,7-8,10,20H,2,6,9,11H2,1H3,(H,18,21). The molecule has 1 amide bonds. The molecular weight excluding hydrogens is 288 g/mol. The van der Waals surface area contributed by atoms with Crippen LogP contribution >= 0.6 is 11.6 Å². The quantitative estimate of drug-likeness (QED) is 0.862. The maximum absolute atomic E-state index is 12.2. The molecule has 0 unspecified atom stereocenters. The van der Waals surface area contributed by atoms with Gasteiger partial charge < -0.3 is 15.0 Å². The van der Waals surface area contributed by atoms with Gasteiger partial charge in [-0.15, -0.1) is 0 Å². The Morgan fingerprint density at radius 1 is 1.33 bits per heavy atom. The average molecular weight is 307 g/mol. The number of rotatable bonds is 6. The summed E-state index contributed by atoms with van der Waals surface area (Å²) in [4.78, 5) is 12.2. The van der Waals surface area contributed by atoms with Crippen molar-refractivity contribution in [3.8, 4) is 0 Å². The Bertz CT molecular complexity index is 622. The van der Waals surface area contributed by atoms with Gasteiger partial charge in [-0.05, 0) is 23.6 Å². The van der Waals surface area contributed by atoms with Crippen LogP contribution in [0.15, 0.2) is 36.5 Å². The van der Waals surface area contributed by atoms with Gasteiger partial charge in [-0.1, -0.05) is 42.8 Å². The van der Waals surface area contributed by atoms with E-state index in [0.29, 0.717) is 17.3 Å². The van der Waals surface area contributed by atoms with Gasteiger partial charge in [0.2, 0.25) is 0 Å². The lowest BCUT2D eigenvalue weighted by molar-refractivity contribution is 0.0941. The monoisotopic (exact) mass is 306 g/mol. The van der Waals surface area contributed by atoms with Crippen molar-refractivity contribution in [2.75, 3.05) is 0 Å². The highest BCUT2D eigenvalue weighted by Crippen LogP contribution is 2.15. The first-order valence-electron chi connectivity index (χ1n) is 6.96. The van der Waals surface area contributed by atoms with Crippen molar-refractivity contribution in [1.29, 1.82) is 0 Å². The molecule has 1 heterocycles. The summed E-state index contributed by atoms with van der Waals surface area (Å²) >= 11 is 5.97. The number of halogens is 1. The number of nitrogens with zero attached hydrogens (tertiary/aromatic N) is 1. The molecule has 2 rings (SSSR count). The molecular formula is C16H19ClN2O2. The van der Waals surface area contributed by atoms with Gasteiger partial charge in [0.1, 0.15) is 5.69 Å². The van der Waals surface area contributed by atoms with Gasteiger partial charge >= 0.3 is 0 Å². The molecule has 112 valence electrons. The first-order chi connectivity index (χ1) is 10.1. The third kappa shape index (κ3) is 4.09. The van der Waals surface area contributed by atoms with E-state index in [1.165, 1.54) is 0 Å². The molecule has 21 heavy (non-hydrogen) atoms. The molecule has 4 nitrogen and oxygen atoms in total. The van der Waals surface area contributed by atoms with Crippen molar-refractivity contribution in [3.05, 3.63) is 58.4 Å². The molecule has 0 aliphatic carbocycles. The predicted molar refractivity (Wildman–Crippen MR) is 83.3 cm³/mol. The van der Waals surface area contributed by atoms with Crippen molar-refractivity contribution >= 4 is 17.5 Å². The van der Waals surface area contributed by atoms with Crippen LogP contribution in [0, 0.1) is 0 Å². The molecule has 1 aromatic heterocycles. The number of aromatic nitrogens is 1. The second kappa shape index (κ2) is 7.29. The van der Waals surface area contributed by atoms with Crippen LogP contribution < -0.4 is 5.32 Å². The van der Waals surface area contributed by atoms with Crippen LogP contribution in [0.5, 0.6) is 0 Å². The van der Waals surface area contributed by atoms with Gasteiger partial charge in [-0.25, -0.2) is 0 Å². The van der Waals surface area contributed by atoms with Gasteiger partial charge in [0.15, 0.2) is 0 Å². The van der Waals surface area contributed by atoms with E-state index in [4.69, 9.17) is 16.7 Å². The second-order valence-corrected chi connectivity index (χ2v) is 5.33. The van der Waals surface area contributed by atoms with Crippen LogP contribution in [0.25, 0.3) is 0 Å². The number of aryl methyl sites for hydroxylation is 1. The van der Waals surface area contributed by atoms with E-state index in [1.807, 2.05) is 28.8 Å². The van der Waals surface area contributed by atoms with E-state index in [-0.39, 0.29) is 12.5 Å². The molecule has 0 atom stereocenters. The van der Waals surface area contributed by atoms with Crippen LogP contribution in [0.1, 0.15) is 35.0 Å². The maximum atomic E-state index is 12.2. The van der Waals surface area contributed by atoms with E-state index in [0.717, 1.165) is 24.1 Å². The van der Waals surface area contributed by atoms with E-state index in [2.05, 4.69) is 12.2 Å². The summed E-state index contributed by atoms with van der Waals surface area (Å²) in [6.45, 7) is 3.23. The highest BCUT2D eigenvalue weighted by Gasteiger charge is 2.12. The molecule has 0 spiro atoms. The fraction of sp³-hybridized carbons (Fsp3) is 0.312. The van der Waals surface area contributed by atoms with Crippen LogP contribution in [0.4, 0.5) is 0 Å². The molecule has 0 aliphatic rings. The number of nitrogens with one attached hydrogen (secondary N) is 1. The molecule has 0 radical (unpaired) electrons. The smallest absolute Gasteiger partial charge is 0.268 e. The third-order valence-electron chi connectivity index (χ3n) is 3.19. The number of aliphatic hydroxyl groups excluding tert-OH is 1. The topological polar surface area (TPSA) is 54.3 Å². The number of carbonyl (C=O) groups excluding carboxylic acids is 1. The SMILES string of the molecule is CCCn1cc(Cl)cc1C(=O)NCc1cccc(CO)c1. The fourth-order valence-corrected chi connectivity index (χ4v) is 2.42. The lowest BCUT2D eigenvalue weighted by Gasteiger charge is -2.09. The Kier molecular flexibility index (Phi) is 5.42. The zero-order chi connectivity index (χ0) is 15.2.